The lowest BCUT2D eigenvalue weighted by atomic mass is 9.91. The molecular weight excluding hydrogens is 937 g/mol. The second kappa shape index (κ2) is 14.9. The lowest BCUT2D eigenvalue weighted by molar-refractivity contribution is 0.672. The topological polar surface area (TPSA) is 115 Å². The van der Waals surface area contributed by atoms with Crippen LogP contribution in [-0.2, 0) is 0 Å². The molecule has 0 N–H and O–H groups in total. The molecular formula is C67H34N6O3. The summed E-state index contributed by atoms with van der Waals surface area (Å²) in [6.45, 7) is 0. The van der Waals surface area contributed by atoms with Gasteiger partial charge in [-0.15, -0.1) is 0 Å². The van der Waals surface area contributed by atoms with Gasteiger partial charge in [-0.2, -0.15) is 10.5 Å². The minimum atomic E-state index is 0.287. The molecule has 0 aliphatic heterocycles. The number of pyridine rings is 1. The molecule has 0 amide bonds. The average molecular weight is 971 g/mol. The largest absolute Gasteiger partial charge is 0.455 e. The molecule has 0 saturated heterocycles. The van der Waals surface area contributed by atoms with Crippen molar-refractivity contribution in [3.05, 3.63) is 218 Å². The Labute approximate surface area is 429 Å². The van der Waals surface area contributed by atoms with E-state index in [1.807, 2.05) is 109 Å². The van der Waals surface area contributed by atoms with Crippen LogP contribution >= 0.6 is 0 Å². The maximum Gasteiger partial charge on any atom is 0.145 e. The zero-order valence-electron chi connectivity index (χ0n) is 40.0. The number of fused-ring (bicyclic) bond motifs is 21. The number of nitriles is 2. The van der Waals surface area contributed by atoms with Crippen LogP contribution in [0.2, 0.25) is 0 Å². The predicted octanol–water partition coefficient (Wildman–Crippen LogP) is 17.5. The normalized spacial score (nSPS) is 12.2. The molecule has 0 atom stereocenters. The van der Waals surface area contributed by atoms with Crippen molar-refractivity contribution in [3.63, 3.8) is 0 Å². The Morgan fingerprint density at radius 1 is 0.329 bits per heavy atom. The van der Waals surface area contributed by atoms with Crippen molar-refractivity contribution < 1.29 is 13.3 Å². The van der Waals surface area contributed by atoms with E-state index in [9.17, 15) is 10.5 Å². The Bertz CT molecular complexity index is 5510. The quantitative estimate of drug-likeness (QED) is 0.173. The van der Waals surface area contributed by atoms with Gasteiger partial charge in [0.05, 0.1) is 71.9 Å². The number of hydrogen-bond donors (Lipinski definition) is 0. The molecule has 350 valence electrons. The number of para-hydroxylation sites is 6. The standard InChI is InChI=1S/C67H34N6O3/c68-34-47-58(37-14-13-33-70-36-37)64(73-51-23-9-3-20-46(51)61-54(73)32-29-43-40-17-6-12-26-57(40)76-67(43)61)63(72-50-22-8-2-19-45(50)60-53(72)31-28-42-39-16-5-11-25-56(39)75-66(42)60)48(35-69)62(47)71-49-21-7-1-18-44(49)59-52(71)30-27-41-38-15-4-10-24-55(38)74-65(41)59/h1-33,36H. The fraction of sp³-hybridized carbons (Fsp3) is 0. The number of nitrogens with zero attached hydrogens (tertiary/aromatic N) is 6. The number of rotatable bonds is 4. The van der Waals surface area contributed by atoms with E-state index in [2.05, 4.69) is 117 Å². The summed E-state index contributed by atoms with van der Waals surface area (Å²) >= 11 is 0. The molecule has 7 aromatic heterocycles. The van der Waals surface area contributed by atoms with Gasteiger partial charge >= 0.3 is 0 Å². The highest BCUT2D eigenvalue weighted by Crippen LogP contribution is 2.51. The Hall–Kier alpha value is -10.9. The van der Waals surface area contributed by atoms with Gasteiger partial charge in [0.1, 0.15) is 51.2 Å². The monoisotopic (exact) mass is 970 g/mol. The number of furan rings is 3. The van der Waals surface area contributed by atoms with Crippen molar-refractivity contribution in [1.82, 2.24) is 18.7 Å². The van der Waals surface area contributed by atoms with Crippen LogP contribution in [0.5, 0.6) is 0 Å². The van der Waals surface area contributed by atoms with Gasteiger partial charge in [-0.05, 0) is 78.9 Å². The zero-order chi connectivity index (χ0) is 49.9. The maximum atomic E-state index is 12.5. The molecule has 10 aromatic carbocycles. The first-order chi connectivity index (χ1) is 37.7. The molecule has 0 bridgehead atoms. The van der Waals surface area contributed by atoms with Gasteiger partial charge in [0, 0.05) is 72.0 Å². The molecule has 17 aromatic rings. The van der Waals surface area contributed by atoms with Crippen molar-refractivity contribution in [2.75, 3.05) is 0 Å². The third-order valence-corrected chi connectivity index (χ3v) is 15.8. The van der Waals surface area contributed by atoms with E-state index >= 15 is 0 Å². The highest BCUT2D eigenvalue weighted by molar-refractivity contribution is 6.27. The molecule has 0 aliphatic rings. The Morgan fingerprint density at radius 2 is 0.711 bits per heavy atom. The molecule has 9 nitrogen and oxygen atoms in total. The predicted molar refractivity (Wildman–Crippen MR) is 304 cm³/mol. The van der Waals surface area contributed by atoms with Gasteiger partial charge < -0.3 is 27.0 Å². The number of aromatic nitrogens is 4. The van der Waals surface area contributed by atoms with Crippen LogP contribution in [-0.4, -0.2) is 18.7 Å². The van der Waals surface area contributed by atoms with Crippen LogP contribution in [0.1, 0.15) is 11.1 Å². The first-order valence-corrected chi connectivity index (χ1v) is 25.1. The molecule has 0 saturated carbocycles. The number of hydrogen-bond acceptors (Lipinski definition) is 6. The highest BCUT2D eigenvalue weighted by Gasteiger charge is 2.34. The highest BCUT2D eigenvalue weighted by atomic mass is 16.3. The van der Waals surface area contributed by atoms with Crippen molar-refractivity contribution in [2.24, 2.45) is 0 Å². The Morgan fingerprint density at radius 3 is 1.12 bits per heavy atom. The van der Waals surface area contributed by atoms with E-state index in [0.717, 1.165) is 131 Å². The first-order valence-electron chi connectivity index (χ1n) is 25.1. The average Bonchev–Trinajstić information content (AvgIpc) is 4.34. The van der Waals surface area contributed by atoms with Gasteiger partial charge in [0.25, 0.3) is 0 Å². The fourth-order valence-corrected chi connectivity index (χ4v) is 12.8. The van der Waals surface area contributed by atoms with Crippen LogP contribution < -0.4 is 0 Å². The van der Waals surface area contributed by atoms with Crippen molar-refractivity contribution in [2.45, 2.75) is 0 Å². The van der Waals surface area contributed by atoms with E-state index in [0.29, 0.717) is 33.8 Å². The molecule has 0 aliphatic carbocycles. The van der Waals surface area contributed by atoms with E-state index in [-0.39, 0.29) is 5.56 Å². The van der Waals surface area contributed by atoms with Crippen LogP contribution in [0.4, 0.5) is 0 Å². The fourth-order valence-electron chi connectivity index (χ4n) is 12.8. The third kappa shape index (κ3) is 5.12. The van der Waals surface area contributed by atoms with E-state index < -0.39 is 0 Å². The summed E-state index contributed by atoms with van der Waals surface area (Å²) in [6.07, 6.45) is 3.56. The van der Waals surface area contributed by atoms with Crippen LogP contribution in [0.25, 0.3) is 159 Å². The van der Waals surface area contributed by atoms with Crippen molar-refractivity contribution >= 4 is 131 Å². The van der Waals surface area contributed by atoms with Gasteiger partial charge in [-0.3, -0.25) is 4.98 Å². The molecule has 0 radical (unpaired) electrons. The molecule has 76 heavy (non-hydrogen) atoms. The molecule has 17 rings (SSSR count). The smallest absolute Gasteiger partial charge is 0.145 e. The maximum absolute atomic E-state index is 12.5. The second-order valence-electron chi connectivity index (χ2n) is 19.5. The van der Waals surface area contributed by atoms with Crippen LogP contribution in [0, 0.1) is 22.7 Å². The molecule has 0 unspecified atom stereocenters. The summed E-state index contributed by atoms with van der Waals surface area (Å²) in [5, 5.41) is 36.3. The van der Waals surface area contributed by atoms with Gasteiger partial charge in [-0.1, -0.05) is 115 Å². The van der Waals surface area contributed by atoms with E-state index in [1.54, 1.807) is 6.20 Å². The summed E-state index contributed by atoms with van der Waals surface area (Å²) in [5.41, 5.74) is 13.0. The summed E-state index contributed by atoms with van der Waals surface area (Å²) in [6, 6.07) is 71.4. The summed E-state index contributed by atoms with van der Waals surface area (Å²) in [4.78, 5) is 4.75. The molecule has 0 fully saturated rings. The first kappa shape index (κ1) is 40.7. The van der Waals surface area contributed by atoms with E-state index in [4.69, 9.17) is 18.2 Å². The minimum Gasteiger partial charge on any atom is -0.455 e. The Kier molecular flexibility index (Phi) is 7.96. The SMILES string of the molecule is N#Cc1c(-c2cccnc2)c(-n2c3ccccc3c3c4oc5ccccc5c4ccc32)c(-n2c3ccccc3c3c4oc5ccccc5c4ccc32)c(C#N)c1-n1c2ccccc2c2c3oc4ccccc4c3ccc21. The molecule has 7 heterocycles. The second-order valence-corrected chi connectivity index (χ2v) is 19.5. The number of benzene rings is 10. The lowest BCUT2D eigenvalue weighted by Gasteiger charge is -2.26. The van der Waals surface area contributed by atoms with Crippen molar-refractivity contribution in [3.8, 4) is 40.3 Å². The van der Waals surface area contributed by atoms with Crippen molar-refractivity contribution in [1.29, 1.82) is 10.5 Å². The minimum absolute atomic E-state index is 0.287. The third-order valence-electron chi connectivity index (χ3n) is 15.8. The van der Waals surface area contributed by atoms with Crippen LogP contribution in [0.3, 0.4) is 0 Å². The van der Waals surface area contributed by atoms with E-state index in [1.165, 1.54) is 0 Å². The summed E-state index contributed by atoms with van der Waals surface area (Å²) < 4.78 is 27.1. The molecule has 0 spiro atoms. The lowest BCUT2D eigenvalue weighted by Crippen LogP contribution is -2.14. The summed E-state index contributed by atoms with van der Waals surface area (Å²) in [7, 11) is 0. The van der Waals surface area contributed by atoms with Gasteiger partial charge in [-0.25, -0.2) is 0 Å². The Balaban J connectivity index is 1.14. The molecule has 9 heteroatoms. The van der Waals surface area contributed by atoms with Crippen LogP contribution in [0.15, 0.2) is 220 Å². The summed E-state index contributed by atoms with van der Waals surface area (Å²) in [5.74, 6) is 0. The van der Waals surface area contributed by atoms with Gasteiger partial charge in [0.15, 0.2) is 0 Å². The van der Waals surface area contributed by atoms with Gasteiger partial charge in [0.2, 0.25) is 0 Å². The zero-order valence-corrected chi connectivity index (χ0v) is 40.0.